The van der Waals surface area contributed by atoms with Crippen molar-refractivity contribution in [3.8, 4) is 0 Å². The highest BCUT2D eigenvalue weighted by Gasteiger charge is 2.19. The number of rotatable bonds is 3. The van der Waals surface area contributed by atoms with Gasteiger partial charge in [-0.25, -0.2) is 19.9 Å². The van der Waals surface area contributed by atoms with Gasteiger partial charge in [-0.05, 0) is 31.2 Å². The van der Waals surface area contributed by atoms with Gasteiger partial charge >= 0.3 is 5.69 Å². The molecule has 21 heavy (non-hydrogen) atoms. The van der Waals surface area contributed by atoms with Gasteiger partial charge in [0.2, 0.25) is 0 Å². The topological polar surface area (TPSA) is 99.3 Å². The molecule has 7 nitrogen and oxygen atoms in total. The van der Waals surface area contributed by atoms with E-state index in [1.165, 1.54) is 23.3 Å². The minimum Gasteiger partial charge on any atom is -0.362 e. The van der Waals surface area contributed by atoms with E-state index >= 15 is 0 Å². The van der Waals surface area contributed by atoms with Crippen molar-refractivity contribution in [1.82, 2.24) is 25.1 Å². The molecule has 0 unspecified atom stereocenters. The summed E-state index contributed by atoms with van der Waals surface area (Å²) < 4.78 is 0. The number of hydrogen-bond donors (Lipinski definition) is 3. The quantitative estimate of drug-likeness (QED) is 0.682. The van der Waals surface area contributed by atoms with Crippen molar-refractivity contribution >= 4 is 27.4 Å². The fourth-order valence-corrected chi connectivity index (χ4v) is 4.01. The predicted molar refractivity (Wildman–Crippen MR) is 80.6 cm³/mol. The van der Waals surface area contributed by atoms with Gasteiger partial charge in [-0.15, -0.1) is 11.3 Å². The van der Waals surface area contributed by atoms with E-state index in [9.17, 15) is 4.79 Å². The largest absolute Gasteiger partial charge is 0.362 e. The number of anilines is 1. The first-order chi connectivity index (χ1) is 10.3. The molecule has 8 heteroatoms. The molecule has 0 bridgehead atoms. The molecule has 0 aliphatic heterocycles. The Labute approximate surface area is 123 Å². The first-order valence-electron chi connectivity index (χ1n) is 6.94. The van der Waals surface area contributed by atoms with Crippen molar-refractivity contribution in [2.45, 2.75) is 32.2 Å². The highest BCUT2D eigenvalue weighted by Crippen LogP contribution is 2.38. The second-order valence-corrected chi connectivity index (χ2v) is 6.17. The highest BCUT2D eigenvalue weighted by molar-refractivity contribution is 7.19. The molecule has 0 fully saturated rings. The van der Waals surface area contributed by atoms with E-state index < -0.39 is 0 Å². The lowest BCUT2D eigenvalue weighted by molar-refractivity contribution is 0.700. The van der Waals surface area contributed by atoms with E-state index in [4.69, 9.17) is 0 Å². The number of H-pyrrole nitrogens is 2. The molecule has 3 heterocycles. The fraction of sp³-hybridized carbons (Fsp3) is 0.385. The molecular formula is C13H14N6OS. The van der Waals surface area contributed by atoms with Crippen molar-refractivity contribution in [3.05, 3.63) is 33.1 Å². The average molecular weight is 302 g/mol. The number of aromatic nitrogens is 5. The number of nitrogens with zero attached hydrogens (tertiary/aromatic N) is 3. The molecule has 108 valence electrons. The molecule has 0 radical (unpaired) electrons. The summed E-state index contributed by atoms with van der Waals surface area (Å²) >= 11 is 1.77. The fourth-order valence-electron chi connectivity index (χ4n) is 2.78. The molecule has 0 amide bonds. The summed E-state index contributed by atoms with van der Waals surface area (Å²) in [6.45, 7) is 0.426. The molecule has 0 atom stereocenters. The maximum atomic E-state index is 11.0. The van der Waals surface area contributed by atoms with Gasteiger partial charge < -0.3 is 5.32 Å². The van der Waals surface area contributed by atoms with Crippen molar-refractivity contribution < 1.29 is 0 Å². The molecule has 1 aliphatic carbocycles. The van der Waals surface area contributed by atoms with Crippen LogP contribution in [0, 0.1) is 0 Å². The van der Waals surface area contributed by atoms with Crippen LogP contribution in [0.4, 0.5) is 5.82 Å². The molecule has 1 aliphatic rings. The average Bonchev–Trinajstić information content (AvgIpc) is 3.08. The Kier molecular flexibility index (Phi) is 2.95. The number of fused-ring (bicyclic) bond motifs is 3. The molecule has 0 saturated heterocycles. The smallest absolute Gasteiger partial charge is 0.340 e. The zero-order chi connectivity index (χ0) is 14.2. The summed E-state index contributed by atoms with van der Waals surface area (Å²) in [5, 5.41) is 10.6. The summed E-state index contributed by atoms with van der Waals surface area (Å²) in [6.07, 6.45) is 6.30. The summed E-state index contributed by atoms with van der Waals surface area (Å²) in [5.41, 5.74) is 1.09. The summed E-state index contributed by atoms with van der Waals surface area (Å²) in [6, 6.07) is 0. The summed E-state index contributed by atoms with van der Waals surface area (Å²) in [5.74, 6) is 1.39. The lowest BCUT2D eigenvalue weighted by Crippen LogP contribution is -2.07. The predicted octanol–water partition coefficient (Wildman–Crippen LogP) is 1.59. The molecule has 3 aromatic rings. The van der Waals surface area contributed by atoms with Gasteiger partial charge in [0, 0.05) is 4.88 Å². The standard InChI is InChI=1S/C13H14N6OS/c20-13-17-9(18-19-13)5-14-11-10-7-3-1-2-4-8(7)21-12(10)16-6-15-11/h6H,1-5H2,(H,14,15,16)(H2,17,18,19,20). The van der Waals surface area contributed by atoms with E-state index in [2.05, 4.69) is 30.5 Å². The van der Waals surface area contributed by atoms with Crippen LogP contribution in [0.1, 0.15) is 29.1 Å². The van der Waals surface area contributed by atoms with E-state index in [0.29, 0.717) is 12.4 Å². The van der Waals surface area contributed by atoms with Crippen LogP contribution < -0.4 is 11.0 Å². The van der Waals surface area contributed by atoms with Crippen LogP contribution in [0.2, 0.25) is 0 Å². The first-order valence-corrected chi connectivity index (χ1v) is 7.75. The first kappa shape index (κ1) is 12.5. The number of hydrogen-bond acceptors (Lipinski definition) is 6. The molecule has 0 saturated carbocycles. The zero-order valence-electron chi connectivity index (χ0n) is 11.3. The van der Waals surface area contributed by atoms with Gasteiger partial charge in [-0.1, -0.05) is 0 Å². The summed E-state index contributed by atoms with van der Waals surface area (Å²) in [4.78, 5) is 24.9. The molecule has 0 aromatic carbocycles. The molecular weight excluding hydrogens is 288 g/mol. The van der Waals surface area contributed by atoms with Crippen LogP contribution in [0.25, 0.3) is 10.2 Å². The number of thiophene rings is 1. The van der Waals surface area contributed by atoms with Crippen LogP contribution >= 0.6 is 11.3 Å². The Morgan fingerprint density at radius 3 is 3.05 bits per heavy atom. The second kappa shape index (κ2) is 4.96. The van der Waals surface area contributed by atoms with Gasteiger partial charge in [-0.3, -0.25) is 4.98 Å². The van der Waals surface area contributed by atoms with E-state index in [1.54, 1.807) is 17.7 Å². The van der Waals surface area contributed by atoms with Gasteiger partial charge in [0.1, 0.15) is 22.8 Å². The van der Waals surface area contributed by atoms with E-state index in [1.807, 2.05) is 0 Å². The molecule has 3 aromatic heterocycles. The highest BCUT2D eigenvalue weighted by atomic mass is 32.1. The van der Waals surface area contributed by atoms with Crippen LogP contribution in [0.15, 0.2) is 11.1 Å². The van der Waals surface area contributed by atoms with Crippen LogP contribution in [-0.2, 0) is 19.4 Å². The Balaban J connectivity index is 1.71. The summed E-state index contributed by atoms with van der Waals surface area (Å²) in [7, 11) is 0. The van der Waals surface area contributed by atoms with Crippen LogP contribution in [-0.4, -0.2) is 25.1 Å². The van der Waals surface area contributed by atoms with Crippen LogP contribution in [0.5, 0.6) is 0 Å². The van der Waals surface area contributed by atoms with Crippen molar-refractivity contribution in [2.24, 2.45) is 0 Å². The minimum absolute atomic E-state index is 0.299. The molecule has 3 N–H and O–H groups in total. The maximum Gasteiger partial charge on any atom is 0.340 e. The van der Waals surface area contributed by atoms with Crippen molar-refractivity contribution in [2.75, 3.05) is 5.32 Å². The minimum atomic E-state index is -0.299. The monoisotopic (exact) mass is 302 g/mol. The van der Waals surface area contributed by atoms with Crippen molar-refractivity contribution in [1.29, 1.82) is 0 Å². The second-order valence-electron chi connectivity index (χ2n) is 5.09. The van der Waals surface area contributed by atoms with Gasteiger partial charge in [0.05, 0.1) is 11.9 Å². The number of nitrogens with one attached hydrogen (secondary N) is 3. The van der Waals surface area contributed by atoms with Crippen LogP contribution in [0.3, 0.4) is 0 Å². The lowest BCUT2D eigenvalue weighted by Gasteiger charge is -2.12. The third-order valence-electron chi connectivity index (χ3n) is 3.72. The molecule has 0 spiro atoms. The Hall–Kier alpha value is -2.22. The van der Waals surface area contributed by atoms with E-state index in [-0.39, 0.29) is 5.69 Å². The lowest BCUT2D eigenvalue weighted by atomic mass is 9.97. The molecule has 4 rings (SSSR count). The Morgan fingerprint density at radius 2 is 2.19 bits per heavy atom. The van der Waals surface area contributed by atoms with Crippen molar-refractivity contribution in [3.63, 3.8) is 0 Å². The Bertz CT molecular complexity index is 848. The third kappa shape index (κ3) is 2.21. The van der Waals surface area contributed by atoms with E-state index in [0.717, 1.165) is 28.9 Å². The van der Waals surface area contributed by atoms with Gasteiger partial charge in [-0.2, -0.15) is 5.10 Å². The number of aromatic amines is 2. The normalized spacial score (nSPS) is 14.3. The third-order valence-corrected chi connectivity index (χ3v) is 4.92. The zero-order valence-corrected chi connectivity index (χ0v) is 12.1. The van der Waals surface area contributed by atoms with Gasteiger partial charge in [0.15, 0.2) is 0 Å². The Morgan fingerprint density at radius 1 is 1.29 bits per heavy atom. The van der Waals surface area contributed by atoms with Gasteiger partial charge in [0.25, 0.3) is 0 Å². The number of aryl methyl sites for hydroxylation is 2. The SMILES string of the molecule is O=c1[nH]nc(CNc2ncnc3sc4c(c23)CCCC4)[nH]1. The maximum absolute atomic E-state index is 11.0.